The van der Waals surface area contributed by atoms with E-state index in [0.717, 1.165) is 0 Å². The summed E-state index contributed by atoms with van der Waals surface area (Å²) in [4.78, 5) is 19.9. The van der Waals surface area contributed by atoms with Gasteiger partial charge in [0.2, 0.25) is 6.29 Å². The van der Waals surface area contributed by atoms with Crippen molar-refractivity contribution in [2.45, 2.75) is 19.6 Å². The van der Waals surface area contributed by atoms with E-state index in [1.54, 1.807) is 6.92 Å². The molecule has 5 heteroatoms. The van der Waals surface area contributed by atoms with E-state index in [0.29, 0.717) is 0 Å². The fourth-order valence-electron chi connectivity index (χ4n) is 0.257. The van der Waals surface area contributed by atoms with Gasteiger partial charge in [-0.25, -0.2) is 9.59 Å². The van der Waals surface area contributed by atoms with Crippen molar-refractivity contribution in [2.24, 2.45) is 0 Å². The highest BCUT2D eigenvalue weighted by Gasteiger charge is 2.16. The number of aliphatic hydroxyl groups is 1. The van der Waals surface area contributed by atoms with Crippen molar-refractivity contribution < 1.29 is 24.5 Å². The molecular formula is C5H8O5. The molecule has 0 aliphatic heterocycles. The topological polar surface area (TPSA) is 83.8 Å². The fraction of sp³-hybridized carbons (Fsp3) is 0.600. The van der Waals surface area contributed by atoms with Crippen LogP contribution < -0.4 is 0 Å². The van der Waals surface area contributed by atoms with Gasteiger partial charge in [0.15, 0.2) is 0 Å². The van der Waals surface area contributed by atoms with Crippen LogP contribution in [0.4, 0.5) is 0 Å². The van der Waals surface area contributed by atoms with Gasteiger partial charge in [-0.05, 0) is 0 Å². The third-order valence-electron chi connectivity index (χ3n) is 0.767. The van der Waals surface area contributed by atoms with Crippen molar-refractivity contribution in [1.29, 1.82) is 0 Å². The quantitative estimate of drug-likeness (QED) is 0.308. The van der Waals surface area contributed by atoms with E-state index in [1.807, 2.05) is 0 Å². The molecule has 0 radical (unpaired) electrons. The first-order valence-corrected chi connectivity index (χ1v) is 2.70. The summed E-state index contributed by atoms with van der Waals surface area (Å²) in [6.45, 7) is 1.56. The lowest BCUT2D eigenvalue weighted by molar-refractivity contribution is -0.180. The molecular weight excluding hydrogens is 140 g/mol. The van der Waals surface area contributed by atoms with E-state index in [9.17, 15) is 9.59 Å². The van der Waals surface area contributed by atoms with E-state index in [2.05, 4.69) is 4.74 Å². The van der Waals surface area contributed by atoms with E-state index in [-0.39, 0.29) is 6.42 Å². The van der Waals surface area contributed by atoms with Crippen LogP contribution in [0.3, 0.4) is 0 Å². The summed E-state index contributed by atoms with van der Waals surface area (Å²) in [7, 11) is 0. The zero-order valence-electron chi connectivity index (χ0n) is 5.40. The molecule has 0 saturated carbocycles. The summed E-state index contributed by atoms with van der Waals surface area (Å²) in [5.41, 5.74) is 0. The van der Waals surface area contributed by atoms with Crippen molar-refractivity contribution in [3.8, 4) is 0 Å². The molecule has 0 aromatic carbocycles. The molecule has 0 fully saturated rings. The van der Waals surface area contributed by atoms with Crippen molar-refractivity contribution in [3.63, 3.8) is 0 Å². The summed E-state index contributed by atoms with van der Waals surface area (Å²) >= 11 is 0. The van der Waals surface area contributed by atoms with Crippen LogP contribution in [0.2, 0.25) is 0 Å². The molecule has 58 valence electrons. The lowest BCUT2D eigenvalue weighted by Crippen LogP contribution is -2.23. The van der Waals surface area contributed by atoms with E-state index in [1.165, 1.54) is 0 Å². The Morgan fingerprint density at radius 1 is 1.60 bits per heavy atom. The Kier molecular flexibility index (Phi) is 3.42. The van der Waals surface area contributed by atoms with Gasteiger partial charge in [0.05, 0.1) is 0 Å². The van der Waals surface area contributed by atoms with Gasteiger partial charge < -0.3 is 14.9 Å². The van der Waals surface area contributed by atoms with Crippen molar-refractivity contribution in [2.75, 3.05) is 0 Å². The molecule has 5 nitrogen and oxygen atoms in total. The van der Waals surface area contributed by atoms with Crippen LogP contribution in [-0.2, 0) is 14.3 Å². The number of carboxylic acid groups (broad SMARTS) is 1. The van der Waals surface area contributed by atoms with Crippen LogP contribution >= 0.6 is 0 Å². The van der Waals surface area contributed by atoms with E-state index in [4.69, 9.17) is 10.2 Å². The third-order valence-corrected chi connectivity index (χ3v) is 0.767. The molecule has 1 unspecified atom stereocenters. The molecule has 0 aliphatic rings. The molecule has 2 N–H and O–H groups in total. The summed E-state index contributed by atoms with van der Waals surface area (Å²) in [6, 6.07) is 0. The zero-order chi connectivity index (χ0) is 8.15. The molecule has 0 aliphatic carbocycles. The fourth-order valence-corrected chi connectivity index (χ4v) is 0.257. The molecule has 0 heterocycles. The van der Waals surface area contributed by atoms with Crippen LogP contribution in [0.15, 0.2) is 0 Å². The van der Waals surface area contributed by atoms with Crippen LogP contribution in [-0.4, -0.2) is 28.4 Å². The number of aliphatic carboxylic acids is 1. The van der Waals surface area contributed by atoms with Gasteiger partial charge >= 0.3 is 11.9 Å². The monoisotopic (exact) mass is 148 g/mol. The second kappa shape index (κ2) is 3.84. The molecule has 0 spiro atoms. The largest absolute Gasteiger partial charge is 0.473 e. The molecule has 0 saturated heterocycles. The highest BCUT2D eigenvalue weighted by Crippen LogP contribution is 1.92. The first-order chi connectivity index (χ1) is 4.57. The average Bonchev–Trinajstić information content (AvgIpc) is 1.87. The standard InChI is InChI=1S/C5H8O5/c1-2-3(6)10-5(9)4(7)8/h3,6H,2H2,1H3,(H,7,8). The van der Waals surface area contributed by atoms with Gasteiger partial charge in [0.25, 0.3) is 0 Å². The summed E-state index contributed by atoms with van der Waals surface area (Å²) in [6.07, 6.45) is -1.14. The predicted molar refractivity (Wildman–Crippen MR) is 30.0 cm³/mol. The average molecular weight is 148 g/mol. The van der Waals surface area contributed by atoms with Crippen LogP contribution in [0.25, 0.3) is 0 Å². The molecule has 0 aromatic heterocycles. The maximum absolute atomic E-state index is 10.1. The Morgan fingerprint density at radius 2 is 2.10 bits per heavy atom. The first kappa shape index (κ1) is 8.90. The van der Waals surface area contributed by atoms with Gasteiger partial charge in [-0.3, -0.25) is 0 Å². The minimum atomic E-state index is -1.70. The summed E-state index contributed by atoms with van der Waals surface area (Å²) in [5, 5.41) is 16.5. The van der Waals surface area contributed by atoms with Gasteiger partial charge in [-0.2, -0.15) is 0 Å². The summed E-state index contributed by atoms with van der Waals surface area (Å²) < 4.78 is 3.98. The van der Waals surface area contributed by atoms with E-state index >= 15 is 0 Å². The SMILES string of the molecule is CCC(O)OC(=O)C(=O)O. The molecule has 0 aromatic rings. The van der Waals surface area contributed by atoms with Gasteiger partial charge in [-0.1, -0.05) is 6.92 Å². The van der Waals surface area contributed by atoms with Gasteiger partial charge in [-0.15, -0.1) is 0 Å². The Hall–Kier alpha value is -1.10. The van der Waals surface area contributed by atoms with E-state index < -0.39 is 18.2 Å². The zero-order valence-corrected chi connectivity index (χ0v) is 5.40. The number of hydrogen-bond acceptors (Lipinski definition) is 4. The molecule has 0 bridgehead atoms. The Morgan fingerprint density at radius 3 is 2.40 bits per heavy atom. The van der Waals surface area contributed by atoms with Crippen LogP contribution in [0, 0.1) is 0 Å². The second-order valence-corrected chi connectivity index (χ2v) is 1.57. The Bertz CT molecular complexity index is 141. The number of rotatable bonds is 2. The Balaban J connectivity index is 3.68. The lowest BCUT2D eigenvalue weighted by Gasteiger charge is -2.05. The smallest absolute Gasteiger partial charge is 0.419 e. The maximum atomic E-state index is 10.1. The maximum Gasteiger partial charge on any atom is 0.419 e. The molecule has 10 heavy (non-hydrogen) atoms. The number of esters is 1. The number of carbonyl (C=O) groups is 2. The van der Waals surface area contributed by atoms with Gasteiger partial charge in [0.1, 0.15) is 0 Å². The highest BCUT2D eigenvalue weighted by molar-refractivity contribution is 6.28. The minimum absolute atomic E-state index is 0.180. The normalized spacial score (nSPS) is 12.2. The third kappa shape index (κ3) is 3.03. The summed E-state index contributed by atoms with van der Waals surface area (Å²) in [5.74, 6) is -3.14. The van der Waals surface area contributed by atoms with Crippen molar-refractivity contribution in [3.05, 3.63) is 0 Å². The second-order valence-electron chi connectivity index (χ2n) is 1.57. The Labute approximate surface area is 57.2 Å². The number of carboxylic acids is 1. The number of aliphatic hydroxyl groups excluding tert-OH is 1. The number of ether oxygens (including phenoxy) is 1. The molecule has 1 atom stereocenters. The van der Waals surface area contributed by atoms with Gasteiger partial charge in [0, 0.05) is 6.42 Å². The van der Waals surface area contributed by atoms with Crippen molar-refractivity contribution >= 4 is 11.9 Å². The predicted octanol–water partition coefficient (Wildman–Crippen LogP) is -0.657. The van der Waals surface area contributed by atoms with Crippen LogP contribution in [0.1, 0.15) is 13.3 Å². The minimum Gasteiger partial charge on any atom is -0.473 e. The van der Waals surface area contributed by atoms with Crippen molar-refractivity contribution in [1.82, 2.24) is 0 Å². The lowest BCUT2D eigenvalue weighted by atomic mass is 10.5. The highest BCUT2D eigenvalue weighted by atomic mass is 16.6. The first-order valence-electron chi connectivity index (χ1n) is 2.70. The number of carbonyl (C=O) groups excluding carboxylic acids is 1. The number of hydrogen-bond donors (Lipinski definition) is 2. The molecule has 0 amide bonds. The van der Waals surface area contributed by atoms with Crippen LogP contribution in [0.5, 0.6) is 0 Å². The molecule has 0 rings (SSSR count).